The standard InChI is InChI=1S/C26H24N4O4S/c1-16-8-13-23(34-3)22(14-16)30-25(33)20-6-4-5-7-21(20)29-26(30)35-15-24(32)28-19-11-9-18(10-12-19)27-17(2)31/h4-14H,15H2,1-3H3,(H,27,31)(H,28,32). The summed E-state index contributed by atoms with van der Waals surface area (Å²) in [7, 11) is 1.55. The zero-order chi connectivity index (χ0) is 24.9. The quantitative estimate of drug-likeness (QED) is 0.295. The zero-order valence-electron chi connectivity index (χ0n) is 19.5. The number of aryl methyl sites for hydroxylation is 1. The highest BCUT2D eigenvalue weighted by molar-refractivity contribution is 7.99. The molecule has 1 aromatic heterocycles. The van der Waals surface area contributed by atoms with Gasteiger partial charge in [-0.25, -0.2) is 4.98 Å². The number of methoxy groups -OCH3 is 1. The number of carbonyl (C=O) groups is 2. The van der Waals surface area contributed by atoms with E-state index in [9.17, 15) is 14.4 Å². The number of thioether (sulfide) groups is 1. The number of aromatic nitrogens is 2. The summed E-state index contributed by atoms with van der Waals surface area (Å²) in [5.41, 5.74) is 3.06. The molecule has 0 saturated heterocycles. The van der Waals surface area contributed by atoms with Gasteiger partial charge < -0.3 is 15.4 Å². The number of nitrogens with zero attached hydrogens (tertiary/aromatic N) is 2. The molecule has 0 atom stereocenters. The second-order valence-electron chi connectivity index (χ2n) is 7.82. The third-order valence-corrected chi connectivity index (χ3v) is 6.08. The van der Waals surface area contributed by atoms with E-state index >= 15 is 0 Å². The number of benzene rings is 3. The molecule has 35 heavy (non-hydrogen) atoms. The lowest BCUT2D eigenvalue weighted by molar-refractivity contribution is -0.114. The summed E-state index contributed by atoms with van der Waals surface area (Å²) in [5, 5.41) is 6.36. The topological polar surface area (TPSA) is 102 Å². The Labute approximate surface area is 206 Å². The van der Waals surface area contributed by atoms with E-state index in [0.717, 1.165) is 17.3 Å². The molecule has 9 heteroatoms. The van der Waals surface area contributed by atoms with E-state index in [1.807, 2.05) is 25.1 Å². The van der Waals surface area contributed by atoms with E-state index in [-0.39, 0.29) is 23.1 Å². The Kier molecular flexibility index (Phi) is 7.17. The van der Waals surface area contributed by atoms with E-state index in [2.05, 4.69) is 15.6 Å². The molecule has 1 heterocycles. The summed E-state index contributed by atoms with van der Waals surface area (Å²) < 4.78 is 7.01. The number of para-hydroxylation sites is 1. The second-order valence-corrected chi connectivity index (χ2v) is 8.77. The smallest absolute Gasteiger partial charge is 0.266 e. The van der Waals surface area contributed by atoms with E-state index in [1.54, 1.807) is 55.6 Å². The van der Waals surface area contributed by atoms with Crippen LogP contribution in [0, 0.1) is 6.92 Å². The highest BCUT2D eigenvalue weighted by Gasteiger charge is 2.18. The fourth-order valence-electron chi connectivity index (χ4n) is 3.56. The van der Waals surface area contributed by atoms with E-state index < -0.39 is 0 Å². The van der Waals surface area contributed by atoms with Crippen LogP contribution < -0.4 is 20.9 Å². The summed E-state index contributed by atoms with van der Waals surface area (Å²) >= 11 is 1.16. The monoisotopic (exact) mass is 488 g/mol. The molecule has 8 nitrogen and oxygen atoms in total. The third-order valence-electron chi connectivity index (χ3n) is 5.14. The summed E-state index contributed by atoms with van der Waals surface area (Å²) in [6.07, 6.45) is 0. The highest BCUT2D eigenvalue weighted by Crippen LogP contribution is 2.28. The van der Waals surface area contributed by atoms with Gasteiger partial charge in [0.1, 0.15) is 5.75 Å². The summed E-state index contributed by atoms with van der Waals surface area (Å²) in [6, 6.07) is 19.5. The number of hydrogen-bond donors (Lipinski definition) is 2. The molecular formula is C26H24N4O4S. The van der Waals surface area contributed by atoms with Gasteiger partial charge in [-0.1, -0.05) is 30.0 Å². The Balaban J connectivity index is 1.63. The lowest BCUT2D eigenvalue weighted by Gasteiger charge is -2.16. The number of anilines is 2. The Morgan fingerprint density at radius 2 is 1.69 bits per heavy atom. The number of nitrogens with one attached hydrogen (secondary N) is 2. The van der Waals surface area contributed by atoms with Crippen molar-refractivity contribution in [2.24, 2.45) is 0 Å². The van der Waals surface area contributed by atoms with Crippen molar-refractivity contribution in [3.63, 3.8) is 0 Å². The summed E-state index contributed by atoms with van der Waals surface area (Å²) in [6.45, 7) is 3.36. The Bertz CT molecular complexity index is 1460. The van der Waals surface area contributed by atoms with Gasteiger partial charge in [-0.2, -0.15) is 0 Å². The van der Waals surface area contributed by atoms with Crippen molar-refractivity contribution < 1.29 is 14.3 Å². The lowest BCUT2D eigenvalue weighted by atomic mass is 10.2. The van der Waals surface area contributed by atoms with Crippen LogP contribution in [0.2, 0.25) is 0 Å². The first-order chi connectivity index (χ1) is 16.9. The number of fused-ring (bicyclic) bond motifs is 1. The van der Waals surface area contributed by atoms with Crippen LogP contribution in [0.15, 0.2) is 76.7 Å². The summed E-state index contributed by atoms with van der Waals surface area (Å²) in [4.78, 5) is 42.0. The molecule has 2 amide bonds. The predicted octanol–water partition coefficient (Wildman–Crippen LogP) is 4.39. The predicted molar refractivity (Wildman–Crippen MR) is 139 cm³/mol. The van der Waals surface area contributed by atoms with E-state index in [0.29, 0.717) is 38.9 Å². The van der Waals surface area contributed by atoms with Gasteiger partial charge in [0, 0.05) is 18.3 Å². The molecule has 4 rings (SSSR count). The molecule has 0 aliphatic carbocycles. The minimum Gasteiger partial charge on any atom is -0.495 e. The van der Waals surface area contributed by atoms with Gasteiger partial charge in [-0.15, -0.1) is 0 Å². The van der Waals surface area contributed by atoms with Gasteiger partial charge in [0.05, 0.1) is 29.5 Å². The largest absolute Gasteiger partial charge is 0.495 e. The molecule has 2 N–H and O–H groups in total. The molecule has 178 valence electrons. The van der Waals surface area contributed by atoms with Crippen LogP contribution >= 0.6 is 11.8 Å². The van der Waals surface area contributed by atoms with Crippen LogP contribution in [0.25, 0.3) is 16.6 Å². The first kappa shape index (κ1) is 24.0. The van der Waals surface area contributed by atoms with Gasteiger partial charge >= 0.3 is 0 Å². The van der Waals surface area contributed by atoms with Crippen molar-refractivity contribution in [3.8, 4) is 11.4 Å². The van der Waals surface area contributed by atoms with Crippen molar-refractivity contribution in [2.75, 3.05) is 23.5 Å². The van der Waals surface area contributed by atoms with Crippen molar-refractivity contribution in [3.05, 3.63) is 82.6 Å². The number of ether oxygens (including phenoxy) is 1. The van der Waals surface area contributed by atoms with Gasteiger partial charge in [0.2, 0.25) is 11.8 Å². The molecule has 0 unspecified atom stereocenters. The van der Waals surface area contributed by atoms with Crippen LogP contribution in [0.4, 0.5) is 11.4 Å². The average Bonchev–Trinajstić information content (AvgIpc) is 2.84. The number of hydrogen-bond acceptors (Lipinski definition) is 6. The molecule has 3 aromatic carbocycles. The zero-order valence-corrected chi connectivity index (χ0v) is 20.3. The molecule has 0 radical (unpaired) electrons. The van der Waals surface area contributed by atoms with Crippen molar-refractivity contribution in [1.29, 1.82) is 0 Å². The van der Waals surface area contributed by atoms with Crippen molar-refractivity contribution in [2.45, 2.75) is 19.0 Å². The second kappa shape index (κ2) is 10.4. The molecule has 0 spiro atoms. The minimum absolute atomic E-state index is 0.0341. The number of carbonyl (C=O) groups excluding carboxylic acids is 2. The minimum atomic E-state index is -0.257. The molecule has 0 saturated carbocycles. The fourth-order valence-corrected chi connectivity index (χ4v) is 4.37. The Hall–Kier alpha value is -4.11. The highest BCUT2D eigenvalue weighted by atomic mass is 32.2. The van der Waals surface area contributed by atoms with Crippen LogP contribution in [0.3, 0.4) is 0 Å². The summed E-state index contributed by atoms with van der Waals surface area (Å²) in [5.74, 6) is 0.136. The fraction of sp³-hybridized carbons (Fsp3) is 0.154. The lowest BCUT2D eigenvalue weighted by Crippen LogP contribution is -2.23. The molecule has 4 aromatic rings. The molecule has 0 aliphatic rings. The molecule has 0 aliphatic heterocycles. The normalized spacial score (nSPS) is 10.7. The van der Waals surface area contributed by atoms with Gasteiger partial charge in [0.15, 0.2) is 5.16 Å². The first-order valence-corrected chi connectivity index (χ1v) is 11.8. The van der Waals surface area contributed by atoms with Crippen molar-refractivity contribution in [1.82, 2.24) is 9.55 Å². The molecular weight excluding hydrogens is 464 g/mol. The van der Waals surface area contributed by atoms with Gasteiger partial charge in [-0.05, 0) is 61.0 Å². The third kappa shape index (κ3) is 5.52. The number of rotatable bonds is 7. The average molecular weight is 489 g/mol. The van der Waals surface area contributed by atoms with E-state index in [1.165, 1.54) is 11.5 Å². The Morgan fingerprint density at radius 3 is 2.37 bits per heavy atom. The maximum Gasteiger partial charge on any atom is 0.266 e. The van der Waals surface area contributed by atoms with Gasteiger partial charge in [-0.3, -0.25) is 19.0 Å². The van der Waals surface area contributed by atoms with Crippen LogP contribution in [0.5, 0.6) is 5.75 Å². The first-order valence-electron chi connectivity index (χ1n) is 10.8. The maximum atomic E-state index is 13.5. The Morgan fingerprint density at radius 1 is 1.00 bits per heavy atom. The molecule has 0 bridgehead atoms. The van der Waals surface area contributed by atoms with Crippen LogP contribution in [-0.2, 0) is 9.59 Å². The SMILES string of the molecule is COc1ccc(C)cc1-n1c(SCC(=O)Nc2ccc(NC(C)=O)cc2)nc2ccccc2c1=O. The van der Waals surface area contributed by atoms with Crippen LogP contribution in [-0.4, -0.2) is 34.2 Å². The maximum absolute atomic E-state index is 13.5. The number of amides is 2. The van der Waals surface area contributed by atoms with Gasteiger partial charge in [0.25, 0.3) is 5.56 Å². The van der Waals surface area contributed by atoms with E-state index in [4.69, 9.17) is 4.74 Å². The van der Waals surface area contributed by atoms with Crippen molar-refractivity contribution >= 4 is 45.9 Å². The van der Waals surface area contributed by atoms with Crippen LogP contribution in [0.1, 0.15) is 12.5 Å². The molecule has 0 fully saturated rings.